The molecule has 0 fully saturated rings. The minimum Gasteiger partial charge on any atom is -0.680 e. The molecule has 0 aromatic carbocycles. The van der Waals surface area contributed by atoms with Crippen LogP contribution >= 0.6 is 0 Å². The first kappa shape index (κ1) is 29.5. The van der Waals surface area contributed by atoms with Gasteiger partial charge in [0.25, 0.3) is 0 Å². The van der Waals surface area contributed by atoms with E-state index < -0.39 is 0 Å². The number of hydrogen-bond donors (Lipinski definition) is 0. The van der Waals surface area contributed by atoms with Gasteiger partial charge in [0.1, 0.15) is 0 Å². The summed E-state index contributed by atoms with van der Waals surface area (Å²) in [6.07, 6.45) is 1.14. The molecule has 0 aliphatic rings. The fourth-order valence-corrected chi connectivity index (χ4v) is 1.10. The topological polar surface area (TPSA) is 37.9 Å². The maximum atomic E-state index is 5.75. The van der Waals surface area contributed by atoms with Crippen LogP contribution in [0.2, 0.25) is 13.1 Å². The Morgan fingerprint density at radius 2 is 1.45 bits per heavy atom. The van der Waals surface area contributed by atoms with Crippen molar-refractivity contribution in [2.45, 2.75) is 27.9 Å². The van der Waals surface area contributed by atoms with E-state index in [4.69, 9.17) is 5.73 Å². The van der Waals surface area contributed by atoms with E-state index in [-0.39, 0.29) is 56.4 Å². The molecule has 0 aromatic heterocycles. The predicted molar refractivity (Wildman–Crippen MR) is 56.7 cm³/mol. The zero-order chi connectivity index (χ0) is 6.99. The molecule has 0 unspecified atom stereocenters. The fourth-order valence-electron chi connectivity index (χ4n) is 0.365. The first-order chi connectivity index (χ1) is 3.77. The summed E-state index contributed by atoms with van der Waals surface area (Å²) < 4.78 is 0. The van der Waals surface area contributed by atoms with Crippen LogP contribution in [-0.4, -0.2) is 29.1 Å². The van der Waals surface area contributed by atoms with Crippen molar-refractivity contribution in [3.05, 3.63) is 11.1 Å². The molecular formula is C7H24N2SiY-2. The van der Waals surface area contributed by atoms with Crippen LogP contribution in [0.4, 0.5) is 0 Å². The molecule has 0 atom stereocenters. The zero-order valence-electron chi connectivity index (χ0n) is 6.81. The molecule has 0 aliphatic heterocycles. The summed E-state index contributed by atoms with van der Waals surface area (Å²) in [6.45, 7) is 4.60. The molecule has 0 saturated carbocycles. The van der Waals surface area contributed by atoms with Crippen molar-refractivity contribution in [3.63, 3.8) is 0 Å². The van der Waals surface area contributed by atoms with Crippen molar-refractivity contribution in [1.29, 1.82) is 0 Å². The quantitative estimate of drug-likeness (QED) is 0.679. The Labute approximate surface area is 100 Å². The van der Waals surface area contributed by atoms with Gasteiger partial charge < -0.3 is 11.1 Å². The Morgan fingerprint density at radius 1 is 1.18 bits per heavy atom. The van der Waals surface area contributed by atoms with Crippen molar-refractivity contribution in [3.8, 4) is 0 Å². The van der Waals surface area contributed by atoms with Crippen LogP contribution in [0.3, 0.4) is 0 Å². The summed E-state index contributed by atoms with van der Waals surface area (Å²) in [6, 6.07) is 0. The molecule has 0 heterocycles. The molecule has 0 amide bonds. The summed E-state index contributed by atoms with van der Waals surface area (Å²) in [5.74, 6) is 0. The van der Waals surface area contributed by atoms with Gasteiger partial charge in [0.2, 0.25) is 0 Å². The second kappa shape index (κ2) is 30.3. The second-order valence-electron chi connectivity index (χ2n) is 1.89. The van der Waals surface area contributed by atoms with Crippen LogP contribution in [0, 0.1) is 0 Å². The Morgan fingerprint density at radius 3 is 1.45 bits per heavy atom. The molecule has 0 spiro atoms. The minimum absolute atomic E-state index is 0. The largest absolute Gasteiger partial charge is 0.680 e. The number of nitrogens with one attached hydrogen (secondary N) is 1. The molecule has 4 heteroatoms. The maximum Gasteiger partial charge on any atom is 0.00995 e. The molecule has 0 bridgehead atoms. The van der Waals surface area contributed by atoms with Gasteiger partial charge in [-0.25, -0.2) is 0 Å². The van der Waals surface area contributed by atoms with E-state index in [2.05, 4.69) is 18.4 Å². The molecular weight excluding hydrogens is 229 g/mol. The normalized spacial score (nSPS) is 6.00. The smallest absolute Gasteiger partial charge is 0.00995 e. The van der Waals surface area contributed by atoms with Gasteiger partial charge >= 0.3 is 0 Å². The summed E-state index contributed by atoms with van der Waals surface area (Å²) in [5.41, 5.74) is 5.75. The van der Waals surface area contributed by atoms with Crippen LogP contribution < -0.4 is 0 Å². The molecule has 2 nitrogen and oxygen atoms in total. The van der Waals surface area contributed by atoms with Gasteiger partial charge in [0.15, 0.2) is 0 Å². The van der Waals surface area contributed by atoms with E-state index in [1.807, 2.05) is 7.05 Å². The van der Waals surface area contributed by atoms with Crippen molar-refractivity contribution in [2.24, 2.45) is 0 Å². The summed E-state index contributed by atoms with van der Waals surface area (Å²) in [4.78, 5) is 0. The predicted octanol–water partition coefficient (Wildman–Crippen LogP) is 2.95. The zero-order valence-corrected chi connectivity index (χ0v) is 10.8. The van der Waals surface area contributed by atoms with E-state index in [1.165, 1.54) is 7.05 Å². The first-order valence-corrected chi connectivity index (χ1v) is 5.95. The minimum atomic E-state index is -0.337. The number of hydrogen-bond acceptors (Lipinski definition) is 0. The van der Waals surface area contributed by atoms with Gasteiger partial charge in [-0.1, -0.05) is 27.9 Å². The van der Waals surface area contributed by atoms with E-state index in [9.17, 15) is 0 Å². The Hall–Kier alpha value is 1.24. The second-order valence-corrected chi connectivity index (χ2v) is 5.05. The fraction of sp³-hybridized carbons (Fsp3) is 1.00. The van der Waals surface area contributed by atoms with Crippen molar-refractivity contribution in [1.82, 2.24) is 0 Å². The third kappa shape index (κ3) is 53.4. The van der Waals surface area contributed by atoms with Crippen LogP contribution in [0.5, 0.6) is 0 Å². The van der Waals surface area contributed by atoms with Gasteiger partial charge in [0.05, 0.1) is 0 Å². The van der Waals surface area contributed by atoms with Crippen LogP contribution in [-0.2, 0) is 32.7 Å². The third-order valence-corrected chi connectivity index (χ3v) is 1.64. The summed E-state index contributed by atoms with van der Waals surface area (Å²) in [7, 11) is 2.79. The summed E-state index contributed by atoms with van der Waals surface area (Å²) >= 11 is 0. The monoisotopic (exact) mass is 253 g/mol. The van der Waals surface area contributed by atoms with Gasteiger partial charge in [-0.15, -0.1) is 0 Å². The molecule has 1 radical (unpaired) electrons. The van der Waals surface area contributed by atoms with E-state index in [0.717, 1.165) is 6.17 Å². The molecule has 1 N–H and O–H groups in total. The van der Waals surface area contributed by atoms with E-state index in [0.29, 0.717) is 0 Å². The number of nitrogens with zero attached hydrogens (tertiary/aromatic N) is 1. The van der Waals surface area contributed by atoms with Gasteiger partial charge in [-0.05, 0) is 0 Å². The molecule has 0 rings (SSSR count). The average Bonchev–Trinajstić information content (AvgIpc) is 1.72. The van der Waals surface area contributed by atoms with Crippen molar-refractivity contribution >= 4 is 8.80 Å². The van der Waals surface area contributed by atoms with Gasteiger partial charge in [-0.3, -0.25) is 0 Å². The molecule has 0 saturated heterocycles. The first-order valence-electron chi connectivity index (χ1n) is 2.83. The Bertz CT molecular complexity index is 37.6. The van der Waals surface area contributed by atoms with Crippen molar-refractivity contribution in [2.75, 3.05) is 20.3 Å². The number of rotatable bonds is 2. The van der Waals surface area contributed by atoms with Crippen LogP contribution in [0.1, 0.15) is 14.9 Å². The third-order valence-electron chi connectivity index (χ3n) is 0.548. The van der Waals surface area contributed by atoms with Crippen molar-refractivity contribution < 1.29 is 32.7 Å². The Balaban J connectivity index is -0.0000000222. The van der Waals surface area contributed by atoms with Gasteiger partial charge in [-0.2, -0.15) is 20.3 Å². The molecule has 0 aromatic rings. The standard InChI is InChI=1S/C4H12NSi.CH4N.2CH4.Y/c1-5-4-6(2)3;1-2;;;/h6H,4H2,1-3H3;2H,1H3;2*1H4;/q2*-1;;;. The van der Waals surface area contributed by atoms with Gasteiger partial charge in [0, 0.05) is 41.5 Å². The van der Waals surface area contributed by atoms with E-state index in [1.54, 1.807) is 0 Å². The van der Waals surface area contributed by atoms with E-state index >= 15 is 0 Å². The Kier molecular flexibility index (Phi) is 81.2. The maximum absolute atomic E-state index is 5.75. The molecule has 11 heavy (non-hydrogen) atoms. The van der Waals surface area contributed by atoms with Crippen LogP contribution in [0.25, 0.3) is 11.1 Å². The molecule has 0 aliphatic carbocycles. The van der Waals surface area contributed by atoms with Crippen LogP contribution in [0.15, 0.2) is 0 Å². The SMILES string of the molecule is C.C.C[N-]C[SiH](C)C.C[NH-].[Y]. The average molecular weight is 253 g/mol. The molecule has 71 valence electrons. The summed E-state index contributed by atoms with van der Waals surface area (Å²) in [5, 5.41) is 4.00.